The van der Waals surface area contributed by atoms with E-state index in [0.29, 0.717) is 24.2 Å². The number of anilines is 1. The lowest BCUT2D eigenvalue weighted by Gasteiger charge is -2.19. The van der Waals surface area contributed by atoms with Crippen molar-refractivity contribution < 1.29 is 18.0 Å². The van der Waals surface area contributed by atoms with E-state index >= 15 is 0 Å². The van der Waals surface area contributed by atoms with E-state index in [9.17, 15) is 18.0 Å². The van der Waals surface area contributed by atoms with E-state index in [-0.39, 0.29) is 17.4 Å². The molecule has 0 bridgehead atoms. The zero-order chi connectivity index (χ0) is 19.5. The summed E-state index contributed by atoms with van der Waals surface area (Å²) in [6.45, 7) is 4.98. The van der Waals surface area contributed by atoms with Gasteiger partial charge in [-0.3, -0.25) is 4.79 Å². The Morgan fingerprint density at radius 2 is 1.62 bits per heavy atom. The number of aromatic nitrogens is 1. The number of halogens is 3. The van der Waals surface area contributed by atoms with Gasteiger partial charge in [-0.1, -0.05) is 12.1 Å². The average Bonchev–Trinajstić information content (AvgIpc) is 2.61. The number of nitrogens with zero attached hydrogens (tertiary/aromatic N) is 3. The van der Waals surface area contributed by atoms with Gasteiger partial charge in [-0.2, -0.15) is 13.2 Å². The molecule has 0 saturated carbocycles. The molecule has 0 radical (unpaired) electrons. The smallest absolute Gasteiger partial charge is 0.363 e. The molecular formula is C19H22F3N3O. The summed E-state index contributed by atoms with van der Waals surface area (Å²) in [7, 11) is 3.27. The van der Waals surface area contributed by atoms with Crippen molar-refractivity contribution in [2.45, 2.75) is 20.0 Å². The molecule has 0 unspecified atom stereocenters. The first-order chi connectivity index (χ1) is 12.2. The average molecular weight is 365 g/mol. The van der Waals surface area contributed by atoms with Gasteiger partial charge in [0.1, 0.15) is 5.82 Å². The Hall–Kier alpha value is -2.57. The summed E-state index contributed by atoms with van der Waals surface area (Å²) in [6, 6.07) is 8.52. The summed E-state index contributed by atoms with van der Waals surface area (Å²) in [5.41, 5.74) is 0.479. The number of rotatable bonds is 5. The van der Waals surface area contributed by atoms with Crippen LogP contribution in [0.4, 0.5) is 19.0 Å². The molecule has 0 saturated heterocycles. The van der Waals surface area contributed by atoms with E-state index in [1.807, 2.05) is 13.8 Å². The normalized spacial score (nSPS) is 11.3. The summed E-state index contributed by atoms with van der Waals surface area (Å²) in [5.74, 6) is 0.116. The Balaban J connectivity index is 2.42. The van der Waals surface area contributed by atoms with Gasteiger partial charge >= 0.3 is 6.18 Å². The van der Waals surface area contributed by atoms with Crippen molar-refractivity contribution in [2.75, 3.05) is 32.1 Å². The van der Waals surface area contributed by atoms with Gasteiger partial charge in [0.15, 0.2) is 0 Å². The van der Waals surface area contributed by atoms with Gasteiger partial charge in [0.2, 0.25) is 0 Å². The van der Waals surface area contributed by atoms with Gasteiger partial charge in [0.25, 0.3) is 5.91 Å². The van der Waals surface area contributed by atoms with E-state index in [1.165, 1.54) is 4.90 Å². The molecular weight excluding hydrogens is 343 g/mol. The Morgan fingerprint density at radius 3 is 2.08 bits per heavy atom. The third-order valence-electron chi connectivity index (χ3n) is 4.08. The number of alkyl halides is 3. The summed E-state index contributed by atoms with van der Waals surface area (Å²) in [4.78, 5) is 19.8. The number of carbonyl (C=O) groups excluding carboxylic acids is 1. The number of hydrogen-bond donors (Lipinski definition) is 0. The first kappa shape index (κ1) is 19.8. The predicted molar refractivity (Wildman–Crippen MR) is 96.3 cm³/mol. The summed E-state index contributed by atoms with van der Waals surface area (Å²) >= 11 is 0. The highest BCUT2D eigenvalue weighted by Gasteiger charge is 2.32. The van der Waals surface area contributed by atoms with E-state index in [2.05, 4.69) is 4.98 Å². The molecule has 4 nitrogen and oxygen atoms in total. The van der Waals surface area contributed by atoms with E-state index < -0.39 is 11.7 Å². The molecule has 0 N–H and O–H groups in total. The van der Waals surface area contributed by atoms with Gasteiger partial charge in [0.05, 0.1) is 11.3 Å². The standard InChI is InChI=1S/C19H22F3N3O/c1-5-25(6-2)18(26)14-9-7-13(8-10-14)16-11-15(19(20,21)22)12-17(23-16)24(3)4/h7-12H,5-6H2,1-4H3. The van der Waals surface area contributed by atoms with E-state index in [4.69, 9.17) is 0 Å². The number of amides is 1. The minimum Gasteiger partial charge on any atom is -0.363 e. The third-order valence-corrected chi connectivity index (χ3v) is 4.08. The predicted octanol–water partition coefficient (Wildman–Crippen LogP) is 4.32. The largest absolute Gasteiger partial charge is 0.416 e. The molecule has 1 aromatic carbocycles. The topological polar surface area (TPSA) is 36.4 Å². The maximum Gasteiger partial charge on any atom is 0.416 e. The first-order valence-corrected chi connectivity index (χ1v) is 8.33. The molecule has 0 spiro atoms. The van der Waals surface area contributed by atoms with Crippen LogP contribution in [-0.4, -0.2) is 43.0 Å². The molecule has 140 valence electrons. The fraction of sp³-hybridized carbons (Fsp3) is 0.368. The van der Waals surface area contributed by atoms with Crippen molar-refractivity contribution in [1.82, 2.24) is 9.88 Å². The Morgan fingerprint density at radius 1 is 1.04 bits per heavy atom. The molecule has 7 heteroatoms. The van der Waals surface area contributed by atoms with Crippen LogP contribution in [0.25, 0.3) is 11.3 Å². The highest BCUT2D eigenvalue weighted by Crippen LogP contribution is 2.33. The van der Waals surface area contributed by atoms with Gasteiger partial charge in [-0.05, 0) is 38.1 Å². The zero-order valence-electron chi connectivity index (χ0n) is 15.3. The molecule has 1 aromatic heterocycles. The van der Waals surface area contributed by atoms with Crippen LogP contribution in [0.15, 0.2) is 36.4 Å². The van der Waals surface area contributed by atoms with Crippen molar-refractivity contribution in [2.24, 2.45) is 0 Å². The molecule has 0 aliphatic rings. The molecule has 0 fully saturated rings. The van der Waals surface area contributed by atoms with Crippen molar-refractivity contribution in [3.05, 3.63) is 47.5 Å². The number of benzene rings is 1. The molecule has 0 atom stereocenters. The molecule has 0 aliphatic carbocycles. The van der Waals surface area contributed by atoms with Crippen LogP contribution in [0.3, 0.4) is 0 Å². The highest BCUT2D eigenvalue weighted by molar-refractivity contribution is 5.94. The monoisotopic (exact) mass is 365 g/mol. The summed E-state index contributed by atoms with van der Waals surface area (Å²) in [5, 5.41) is 0. The van der Waals surface area contributed by atoms with Crippen LogP contribution in [0.5, 0.6) is 0 Å². The molecule has 2 aromatic rings. The van der Waals surface area contributed by atoms with E-state index in [1.54, 1.807) is 43.3 Å². The molecule has 26 heavy (non-hydrogen) atoms. The zero-order valence-corrected chi connectivity index (χ0v) is 15.3. The minimum atomic E-state index is -4.46. The van der Waals surface area contributed by atoms with Crippen molar-refractivity contribution in [1.29, 1.82) is 0 Å². The third kappa shape index (κ3) is 4.33. The minimum absolute atomic E-state index is 0.104. The van der Waals surface area contributed by atoms with Crippen LogP contribution >= 0.6 is 0 Å². The first-order valence-electron chi connectivity index (χ1n) is 8.33. The van der Waals surface area contributed by atoms with Crippen LogP contribution in [0, 0.1) is 0 Å². The second kappa shape index (κ2) is 7.76. The Bertz CT molecular complexity index is 767. The molecule has 1 amide bonds. The van der Waals surface area contributed by atoms with Gasteiger partial charge in [0, 0.05) is 38.3 Å². The van der Waals surface area contributed by atoms with Gasteiger partial charge in [-0.15, -0.1) is 0 Å². The van der Waals surface area contributed by atoms with Crippen molar-refractivity contribution in [3.8, 4) is 11.3 Å². The molecule has 1 heterocycles. The lowest BCUT2D eigenvalue weighted by molar-refractivity contribution is -0.137. The maximum atomic E-state index is 13.2. The number of hydrogen-bond acceptors (Lipinski definition) is 3. The van der Waals surface area contributed by atoms with Gasteiger partial charge < -0.3 is 9.80 Å². The lowest BCUT2D eigenvalue weighted by Crippen LogP contribution is -2.30. The Labute approximate surface area is 151 Å². The summed E-state index contributed by atoms with van der Waals surface area (Å²) < 4.78 is 39.5. The second-order valence-electron chi connectivity index (χ2n) is 6.05. The van der Waals surface area contributed by atoms with Crippen LogP contribution in [-0.2, 0) is 6.18 Å². The molecule has 0 aliphatic heterocycles. The lowest BCUT2D eigenvalue weighted by atomic mass is 10.1. The van der Waals surface area contributed by atoms with Gasteiger partial charge in [-0.25, -0.2) is 4.98 Å². The van der Waals surface area contributed by atoms with Crippen LogP contribution in [0.1, 0.15) is 29.8 Å². The maximum absolute atomic E-state index is 13.2. The Kier molecular flexibility index (Phi) is 5.90. The van der Waals surface area contributed by atoms with Crippen molar-refractivity contribution in [3.63, 3.8) is 0 Å². The highest BCUT2D eigenvalue weighted by atomic mass is 19.4. The SMILES string of the molecule is CCN(CC)C(=O)c1ccc(-c2cc(C(F)(F)F)cc(N(C)C)n2)cc1. The quantitative estimate of drug-likeness (QED) is 0.792. The fourth-order valence-electron chi connectivity index (χ4n) is 2.53. The van der Waals surface area contributed by atoms with Crippen LogP contribution in [0.2, 0.25) is 0 Å². The number of carbonyl (C=O) groups is 1. The second-order valence-corrected chi connectivity index (χ2v) is 6.05. The molecule has 2 rings (SSSR count). The van der Waals surface area contributed by atoms with Crippen molar-refractivity contribution >= 4 is 11.7 Å². The van der Waals surface area contributed by atoms with Crippen LogP contribution < -0.4 is 4.90 Å². The summed E-state index contributed by atoms with van der Waals surface area (Å²) in [6.07, 6.45) is -4.46. The fourth-order valence-corrected chi connectivity index (χ4v) is 2.53. The number of pyridine rings is 1. The van der Waals surface area contributed by atoms with E-state index in [0.717, 1.165) is 12.1 Å².